The topological polar surface area (TPSA) is 60.9 Å². The highest BCUT2D eigenvalue weighted by molar-refractivity contribution is 7.92. The molecule has 0 saturated carbocycles. The lowest BCUT2D eigenvalue weighted by molar-refractivity contribution is -0.130. The Morgan fingerprint density at radius 2 is 1.64 bits per heavy atom. The van der Waals surface area contributed by atoms with Crippen molar-refractivity contribution in [2.24, 2.45) is 0 Å². The highest BCUT2D eigenvalue weighted by Gasteiger charge is 2.22. The summed E-state index contributed by atoms with van der Waals surface area (Å²) in [6.07, 6.45) is 1.40. The normalized spacial score (nSPS) is 14.8. The Hall–Kier alpha value is -2.61. The van der Waals surface area contributed by atoms with Crippen LogP contribution in [-0.2, 0) is 21.2 Å². The molecule has 0 atom stereocenters. The zero-order chi connectivity index (χ0) is 20.3. The van der Waals surface area contributed by atoms with E-state index >= 15 is 0 Å². The van der Waals surface area contributed by atoms with Gasteiger partial charge in [-0.25, -0.2) is 12.8 Å². The van der Waals surface area contributed by atoms with E-state index in [4.69, 9.17) is 0 Å². The summed E-state index contributed by atoms with van der Waals surface area (Å²) in [5.41, 5.74) is 1.95. The molecule has 28 heavy (non-hydrogen) atoms. The van der Waals surface area contributed by atoms with E-state index < -0.39 is 10.0 Å². The molecule has 0 unspecified atom stereocenters. The highest BCUT2D eigenvalue weighted by Crippen LogP contribution is 2.21. The van der Waals surface area contributed by atoms with Gasteiger partial charge in [-0.1, -0.05) is 24.3 Å². The zero-order valence-electron chi connectivity index (χ0n) is 16.0. The standard InChI is InChI=1S/C20H24FN3O3S/c1-22(28(2,26)27)17-9-7-16(8-10-17)15-20(25)24-13-11-23(12-14-24)19-6-4-3-5-18(19)21/h3-10H,11-15H2,1-2H3. The molecule has 0 aliphatic carbocycles. The molecule has 0 N–H and O–H groups in total. The first-order valence-electron chi connectivity index (χ1n) is 9.06. The van der Waals surface area contributed by atoms with Crippen molar-refractivity contribution in [3.8, 4) is 0 Å². The van der Waals surface area contributed by atoms with Crippen molar-refractivity contribution in [2.45, 2.75) is 6.42 Å². The van der Waals surface area contributed by atoms with Gasteiger partial charge < -0.3 is 9.80 Å². The van der Waals surface area contributed by atoms with Crippen molar-refractivity contribution >= 4 is 27.3 Å². The molecule has 8 heteroatoms. The van der Waals surface area contributed by atoms with Gasteiger partial charge in [0.15, 0.2) is 0 Å². The van der Waals surface area contributed by atoms with Crippen LogP contribution < -0.4 is 9.21 Å². The zero-order valence-corrected chi connectivity index (χ0v) is 16.8. The van der Waals surface area contributed by atoms with Crippen molar-refractivity contribution in [1.82, 2.24) is 4.90 Å². The maximum Gasteiger partial charge on any atom is 0.231 e. The Balaban J connectivity index is 1.57. The number of amides is 1. The Kier molecular flexibility index (Phi) is 5.88. The molecule has 1 saturated heterocycles. The molecule has 150 valence electrons. The van der Waals surface area contributed by atoms with E-state index in [1.807, 2.05) is 4.90 Å². The SMILES string of the molecule is CN(c1ccc(CC(=O)N2CCN(c3ccccc3F)CC2)cc1)S(C)(=O)=O. The number of carbonyl (C=O) groups is 1. The fourth-order valence-corrected chi connectivity index (χ4v) is 3.71. The molecular formula is C20H24FN3O3S. The molecule has 1 amide bonds. The lowest BCUT2D eigenvalue weighted by Gasteiger charge is -2.36. The van der Waals surface area contributed by atoms with E-state index in [1.165, 1.54) is 17.4 Å². The Morgan fingerprint density at radius 1 is 1.04 bits per heavy atom. The minimum atomic E-state index is -3.31. The first kappa shape index (κ1) is 20.1. The number of benzene rings is 2. The van der Waals surface area contributed by atoms with Crippen LogP contribution in [0.15, 0.2) is 48.5 Å². The van der Waals surface area contributed by atoms with Crippen LogP contribution in [0, 0.1) is 5.82 Å². The predicted octanol–water partition coefficient (Wildman–Crippen LogP) is 2.11. The fraction of sp³-hybridized carbons (Fsp3) is 0.350. The minimum absolute atomic E-state index is 0.0115. The van der Waals surface area contributed by atoms with Gasteiger partial charge in [0.1, 0.15) is 5.82 Å². The van der Waals surface area contributed by atoms with Crippen LogP contribution in [0.5, 0.6) is 0 Å². The molecule has 1 aliphatic heterocycles. The largest absolute Gasteiger partial charge is 0.366 e. The third-order valence-corrected chi connectivity index (χ3v) is 6.18. The van der Waals surface area contributed by atoms with Gasteiger partial charge in [0.05, 0.1) is 24.1 Å². The van der Waals surface area contributed by atoms with Crippen molar-refractivity contribution in [2.75, 3.05) is 48.7 Å². The smallest absolute Gasteiger partial charge is 0.231 e. The number of hydrogen-bond acceptors (Lipinski definition) is 4. The molecular weight excluding hydrogens is 381 g/mol. The van der Waals surface area contributed by atoms with Gasteiger partial charge in [-0.15, -0.1) is 0 Å². The van der Waals surface area contributed by atoms with Crippen molar-refractivity contribution < 1.29 is 17.6 Å². The van der Waals surface area contributed by atoms with Crippen LogP contribution in [0.4, 0.5) is 15.8 Å². The van der Waals surface area contributed by atoms with Crippen LogP contribution in [0.25, 0.3) is 0 Å². The second-order valence-corrected chi connectivity index (χ2v) is 8.91. The van der Waals surface area contributed by atoms with Crippen LogP contribution in [-0.4, -0.2) is 58.7 Å². The number of carbonyl (C=O) groups excluding carboxylic acids is 1. The molecule has 0 radical (unpaired) electrons. The van der Waals surface area contributed by atoms with Crippen molar-refractivity contribution in [3.05, 3.63) is 59.9 Å². The molecule has 0 aromatic heterocycles. The third-order valence-electron chi connectivity index (χ3n) is 4.98. The van der Waals surface area contributed by atoms with Crippen LogP contribution in [0.1, 0.15) is 5.56 Å². The summed E-state index contributed by atoms with van der Waals surface area (Å²) in [7, 11) is -1.82. The van der Waals surface area contributed by atoms with Crippen LogP contribution >= 0.6 is 0 Å². The maximum absolute atomic E-state index is 13.9. The molecule has 2 aromatic rings. The molecule has 0 bridgehead atoms. The number of sulfonamides is 1. The number of rotatable bonds is 5. The molecule has 0 spiro atoms. The lowest BCUT2D eigenvalue weighted by atomic mass is 10.1. The van der Waals surface area contributed by atoms with Gasteiger partial charge >= 0.3 is 0 Å². The summed E-state index contributed by atoms with van der Waals surface area (Å²) in [4.78, 5) is 16.3. The van der Waals surface area contributed by atoms with Crippen LogP contribution in [0.3, 0.4) is 0 Å². The number of halogens is 1. The molecule has 6 nitrogen and oxygen atoms in total. The summed E-state index contributed by atoms with van der Waals surface area (Å²) in [6.45, 7) is 2.26. The van der Waals surface area contributed by atoms with Gasteiger partial charge in [0.2, 0.25) is 15.9 Å². The minimum Gasteiger partial charge on any atom is -0.366 e. The van der Waals surface area contributed by atoms with E-state index in [2.05, 4.69) is 0 Å². The van der Waals surface area contributed by atoms with E-state index in [0.717, 1.165) is 11.8 Å². The van der Waals surface area contributed by atoms with Gasteiger partial charge in [-0.05, 0) is 29.8 Å². The van der Waals surface area contributed by atoms with Crippen molar-refractivity contribution in [3.63, 3.8) is 0 Å². The Bertz CT molecular complexity index is 939. The summed E-state index contributed by atoms with van der Waals surface area (Å²) in [6, 6.07) is 13.6. The average molecular weight is 405 g/mol. The third kappa shape index (κ3) is 4.62. The predicted molar refractivity (Wildman–Crippen MR) is 109 cm³/mol. The average Bonchev–Trinajstić information content (AvgIpc) is 2.68. The number of para-hydroxylation sites is 1. The van der Waals surface area contributed by atoms with Gasteiger partial charge in [0, 0.05) is 33.2 Å². The van der Waals surface area contributed by atoms with Gasteiger partial charge in [0.25, 0.3) is 0 Å². The number of anilines is 2. The molecule has 1 aliphatic rings. The molecule has 1 heterocycles. The number of piperazine rings is 1. The molecule has 1 fully saturated rings. The van der Waals surface area contributed by atoms with E-state index in [-0.39, 0.29) is 18.1 Å². The fourth-order valence-electron chi connectivity index (χ4n) is 3.21. The summed E-state index contributed by atoms with van der Waals surface area (Å²) >= 11 is 0. The van der Waals surface area contributed by atoms with Crippen LogP contribution in [0.2, 0.25) is 0 Å². The highest BCUT2D eigenvalue weighted by atomic mass is 32.2. The first-order valence-corrected chi connectivity index (χ1v) is 10.9. The Labute approximate surface area is 165 Å². The Morgan fingerprint density at radius 3 is 2.21 bits per heavy atom. The number of hydrogen-bond donors (Lipinski definition) is 0. The lowest BCUT2D eigenvalue weighted by Crippen LogP contribution is -2.49. The second-order valence-electron chi connectivity index (χ2n) is 6.89. The first-order chi connectivity index (χ1) is 13.3. The second kappa shape index (κ2) is 8.18. The van der Waals surface area contributed by atoms with E-state index in [1.54, 1.807) is 47.4 Å². The summed E-state index contributed by atoms with van der Waals surface area (Å²) < 4.78 is 38.3. The monoisotopic (exact) mass is 405 g/mol. The maximum atomic E-state index is 13.9. The summed E-state index contributed by atoms with van der Waals surface area (Å²) in [5, 5.41) is 0. The van der Waals surface area contributed by atoms with E-state index in [9.17, 15) is 17.6 Å². The number of nitrogens with zero attached hydrogens (tertiary/aromatic N) is 3. The van der Waals surface area contributed by atoms with Gasteiger partial charge in [-0.2, -0.15) is 0 Å². The van der Waals surface area contributed by atoms with Gasteiger partial charge in [-0.3, -0.25) is 9.10 Å². The van der Waals surface area contributed by atoms with Crippen molar-refractivity contribution in [1.29, 1.82) is 0 Å². The molecule has 3 rings (SSSR count). The quantitative estimate of drug-likeness (QED) is 0.765. The summed E-state index contributed by atoms with van der Waals surface area (Å²) in [5.74, 6) is -0.237. The molecule has 2 aromatic carbocycles. The van der Waals surface area contributed by atoms with E-state index in [0.29, 0.717) is 37.6 Å².